The Morgan fingerprint density at radius 2 is 1.61 bits per heavy atom. The molecule has 9 N–H and O–H groups in total. The molecule has 1 saturated carbocycles. The molecule has 11 rings (SSSR count). The van der Waals surface area contributed by atoms with Gasteiger partial charge in [0.05, 0.1) is 79.8 Å². The minimum absolute atomic E-state index is 0.0189. The molecular weight excluding hydrogens is 1530 g/mol. The Balaban J connectivity index is 0.678. The van der Waals surface area contributed by atoms with Crippen molar-refractivity contribution in [3.8, 4) is 16.9 Å². The Labute approximate surface area is 694 Å². The summed E-state index contributed by atoms with van der Waals surface area (Å²) in [5.41, 5.74) is 18.0. The monoisotopic (exact) mass is 1650 g/mol. The summed E-state index contributed by atoms with van der Waals surface area (Å²) in [6, 6.07) is 4.41. The number of aliphatic hydroxyl groups is 4. The number of aromatic nitrogens is 10. The van der Waals surface area contributed by atoms with Gasteiger partial charge in [-0.15, -0.1) is 5.10 Å². The van der Waals surface area contributed by atoms with E-state index < -0.39 is 84.1 Å². The summed E-state index contributed by atoms with van der Waals surface area (Å²) >= 11 is 0. The van der Waals surface area contributed by atoms with E-state index in [1.807, 2.05) is 73.7 Å². The maximum Gasteiger partial charge on any atom is 0.329 e. The van der Waals surface area contributed by atoms with E-state index in [1.54, 1.807) is 63.7 Å². The number of unbranched alkanes of at least 4 members (excludes halogenated alkanes) is 2. The topological polar surface area (TPSA) is 443 Å². The summed E-state index contributed by atoms with van der Waals surface area (Å²) in [7, 11) is 4.64. The molecule has 4 aliphatic heterocycles. The summed E-state index contributed by atoms with van der Waals surface area (Å²) in [5, 5.41) is 69.4. The number of aliphatic hydroxyl groups excluding tert-OH is 3. The highest BCUT2D eigenvalue weighted by atomic mass is 16.6. The number of Topliss-reactive ketones (excluding diaryl/α,β-unsaturated/α-hetero) is 1. The molecule has 2 bridgehead atoms. The number of esters is 1. The number of carbonyl (C=O) groups is 5. The molecule has 16 atom stereocenters. The third kappa shape index (κ3) is 23.4. The first-order chi connectivity index (χ1) is 57.2. The highest BCUT2D eigenvalue weighted by molar-refractivity contribution is 6.39. The van der Waals surface area contributed by atoms with Crippen molar-refractivity contribution in [1.29, 1.82) is 0 Å². The van der Waals surface area contributed by atoms with E-state index in [1.165, 1.54) is 23.0 Å². The lowest BCUT2D eigenvalue weighted by atomic mass is 9.78. The summed E-state index contributed by atoms with van der Waals surface area (Å²) in [5.74, 6) is -6.67. The number of nitrogen functional groups attached to an aromatic ring is 2. The Hall–Kier alpha value is -9.52. The zero-order valence-corrected chi connectivity index (χ0v) is 70.3. The largest absolute Gasteiger partial charge is 0.460 e. The number of rotatable bonds is 24. The van der Waals surface area contributed by atoms with E-state index in [0.717, 1.165) is 30.4 Å². The molecule has 648 valence electrons. The number of methoxy groups -OCH3 is 3. The molecule has 34 heteroatoms. The fraction of sp³-hybridized carbons (Fsp3) is 0.624. The number of ketones is 1. The summed E-state index contributed by atoms with van der Waals surface area (Å²) < 4.78 is 45.0. The molecule has 0 spiro atoms. The second-order valence-electron chi connectivity index (χ2n) is 32.7. The number of hydrogen-bond donors (Lipinski definition) is 7. The van der Waals surface area contributed by atoms with Gasteiger partial charge >= 0.3 is 5.97 Å². The molecule has 1 aromatic carbocycles. The average Bonchev–Trinajstić information content (AvgIpc) is 1.73. The van der Waals surface area contributed by atoms with Crippen LogP contribution in [0.4, 0.5) is 17.8 Å². The van der Waals surface area contributed by atoms with E-state index >= 15 is 0 Å². The highest BCUT2D eigenvalue weighted by Gasteiger charge is 2.53. The molecule has 5 aromatic heterocycles. The van der Waals surface area contributed by atoms with Crippen molar-refractivity contribution in [2.45, 2.75) is 231 Å². The lowest BCUT2D eigenvalue weighted by Crippen LogP contribution is -2.61. The maximum atomic E-state index is 14.8. The zero-order valence-electron chi connectivity index (χ0n) is 70.3. The minimum atomic E-state index is -2.46. The van der Waals surface area contributed by atoms with Gasteiger partial charge in [-0.3, -0.25) is 19.2 Å². The van der Waals surface area contributed by atoms with Crippen LogP contribution in [0, 0.1) is 35.5 Å². The molecule has 34 nitrogen and oxygen atoms in total. The lowest BCUT2D eigenvalue weighted by molar-refractivity contribution is -0.265. The van der Waals surface area contributed by atoms with Crippen molar-refractivity contribution >= 4 is 75.1 Å². The van der Waals surface area contributed by atoms with Crippen LogP contribution < -0.4 is 21.7 Å². The van der Waals surface area contributed by atoms with Crippen LogP contribution in [0.1, 0.15) is 163 Å². The quantitative estimate of drug-likeness (QED) is 0.00995. The van der Waals surface area contributed by atoms with Gasteiger partial charge in [0, 0.05) is 110 Å². The number of anilines is 3. The Kier molecular flexibility index (Phi) is 32.3. The summed E-state index contributed by atoms with van der Waals surface area (Å²) in [6.07, 6.45) is 19.6. The Bertz CT molecular complexity index is 4540. The van der Waals surface area contributed by atoms with Crippen LogP contribution >= 0.6 is 0 Å². The van der Waals surface area contributed by atoms with Crippen LogP contribution in [-0.4, -0.2) is 250 Å². The van der Waals surface area contributed by atoms with E-state index in [-0.39, 0.29) is 106 Å². The number of oxazole rings is 1. The molecule has 5 aliphatic rings. The lowest BCUT2D eigenvalue weighted by Gasteiger charge is -2.43. The Morgan fingerprint density at radius 1 is 0.824 bits per heavy atom. The van der Waals surface area contributed by atoms with Crippen LogP contribution in [-0.2, 0) is 70.4 Å². The third-order valence-electron chi connectivity index (χ3n) is 24.0. The van der Waals surface area contributed by atoms with E-state index in [9.17, 15) is 44.4 Å². The molecule has 3 amide bonds. The number of amides is 3. The first kappa shape index (κ1) is 90.2. The highest BCUT2D eigenvalue weighted by Crippen LogP contribution is 2.40. The molecule has 4 fully saturated rings. The van der Waals surface area contributed by atoms with Crippen LogP contribution in [0.2, 0.25) is 0 Å². The first-order valence-corrected chi connectivity index (χ1v) is 42.0. The van der Waals surface area contributed by atoms with Crippen molar-refractivity contribution in [3.63, 3.8) is 0 Å². The molecular formula is C85H121N17O17. The van der Waals surface area contributed by atoms with Gasteiger partial charge in [-0.05, 0) is 144 Å². The number of nitrogens with one attached hydrogen (secondary N) is 1. The molecule has 119 heavy (non-hydrogen) atoms. The number of piperazine rings is 1. The third-order valence-corrected chi connectivity index (χ3v) is 24.0. The zero-order chi connectivity index (χ0) is 85.0. The van der Waals surface area contributed by atoms with Gasteiger partial charge in [-0.1, -0.05) is 81.4 Å². The van der Waals surface area contributed by atoms with Gasteiger partial charge in [0.2, 0.25) is 23.5 Å². The van der Waals surface area contributed by atoms with Crippen LogP contribution in [0.3, 0.4) is 0 Å². The van der Waals surface area contributed by atoms with Gasteiger partial charge < -0.3 is 89.6 Å². The molecule has 0 unspecified atom stereocenters. The molecule has 9 heterocycles. The smallest absolute Gasteiger partial charge is 0.329 e. The number of hydrogen-bond acceptors (Lipinski definition) is 29. The van der Waals surface area contributed by atoms with Crippen molar-refractivity contribution in [2.24, 2.45) is 40.7 Å². The van der Waals surface area contributed by atoms with E-state index in [4.69, 9.17) is 59.4 Å². The van der Waals surface area contributed by atoms with Gasteiger partial charge in [0.15, 0.2) is 17.8 Å². The summed E-state index contributed by atoms with van der Waals surface area (Å²) in [4.78, 5) is 103. The number of benzene rings is 1. The number of allylic oxidation sites excluding steroid dienone is 5. The number of fused-ring (bicyclic) bond motifs is 5. The molecule has 3 saturated heterocycles. The van der Waals surface area contributed by atoms with Crippen LogP contribution in [0.15, 0.2) is 100 Å². The first-order valence-electron chi connectivity index (χ1n) is 42.0. The normalized spacial score (nSPS) is 29.2. The number of cyclic esters (lactones) is 1. The SMILES string of the molecule is CO[C@H]1C[C@@H]2CC[C@@H](C)[C@@](O)(O2)C(=O)C(=O)N2CCCC[C@H]2C(=O)O[C@H]([C@H](C)C[C@@H]2CC[C@@H](O)[C@H](OC)C2)C[C@@H](O)[C@H](C)/C=C(\C)[C@@H](O)[C@@H](OC)/C(=N/OCc2cn(-c3cnc(N4CCN(C(=O)CCOCCC(=O)NCCCCCn5nc(-c6ccc7oc(N)nc7c6)c6c(N)ncnc65)CC4)nc3)nn2)[C@H](C)C[C@H](C)/C=C/C=C/C=C/1C. The fourth-order valence-corrected chi connectivity index (χ4v) is 16.8. The average molecular weight is 1650 g/mol. The van der Waals surface area contributed by atoms with Gasteiger partial charge in [0.25, 0.3) is 17.7 Å². The maximum absolute atomic E-state index is 14.8. The van der Waals surface area contributed by atoms with E-state index in [0.29, 0.717) is 159 Å². The number of ether oxygens (including phenoxy) is 6. The number of carbonyl (C=O) groups excluding carboxylic acids is 5. The van der Waals surface area contributed by atoms with Crippen molar-refractivity contribution < 1.29 is 82.1 Å². The Morgan fingerprint density at radius 3 is 2.37 bits per heavy atom. The van der Waals surface area contributed by atoms with Crippen LogP contribution in [0.5, 0.6) is 0 Å². The van der Waals surface area contributed by atoms with Crippen molar-refractivity contribution in [2.75, 3.05) is 90.2 Å². The molecule has 0 radical (unpaired) electrons. The number of nitrogens with two attached hydrogens (primary N) is 2. The van der Waals surface area contributed by atoms with Crippen molar-refractivity contribution in [1.82, 2.24) is 64.8 Å². The van der Waals surface area contributed by atoms with Crippen LogP contribution in [0.25, 0.3) is 39.1 Å². The molecule has 1 aliphatic carbocycles. The standard InChI is InChI=1S/C85H121N17O17/c1-51-19-13-11-14-20-52(2)68(112-8)44-62-25-22-57(7)85(111,119-62)78(108)81(109)100-31-18-15-21-64(100)82(110)117-69(54(4)41-58-23-26-65(103)70(42-58)113-9)45-66(104)53(3)40-56(6)76(107)77(114-10)74(55(5)39-51)96-116-49-60-48-102(97-94-60)61-46-89-84(90-47-61)99-35-33-98(34-36-99)72(106)29-38-115-37-28-71(105)88-30-16-12-17-32-101-80-73(79(86)91-50-92-80)75(95-101)59-24-27-67-63(43-59)93-83(87)118-67/h11,13-14,19-20,24,27,40,43,46-48,50-51,53-55,57-58,62,64-66,68-70,76-77,103-104,107,111H,12,15-18,21-23,25-26,28-39,41-42,44-45,49H2,1-10H3,(H2,87,93)(H,88,105)(H2,86,91,92)/b14-11+,19-13+,52-20+,56-40+,96-74+/t51-,53-,54-,55-,57-,58+,62+,64+,65-,66-,68+,69+,70-,76-,77+,85-/m1/s1. The van der Waals surface area contributed by atoms with Gasteiger partial charge in [-0.25, -0.2) is 34.1 Å². The fourth-order valence-electron chi connectivity index (χ4n) is 16.8. The molecule has 6 aromatic rings. The number of oxime groups is 1. The second kappa shape index (κ2) is 42.6. The van der Waals surface area contributed by atoms with E-state index in [2.05, 4.69) is 53.5 Å². The second-order valence-corrected chi connectivity index (χ2v) is 32.7. The van der Waals surface area contributed by atoms with Crippen molar-refractivity contribution in [3.05, 3.63) is 96.4 Å². The number of nitrogens with zero attached hydrogens (tertiary/aromatic N) is 14. The number of aryl methyl sites for hydroxylation is 1. The van der Waals surface area contributed by atoms with Gasteiger partial charge in [0.1, 0.15) is 59.1 Å². The predicted octanol–water partition coefficient (Wildman–Crippen LogP) is 7.89. The van der Waals surface area contributed by atoms with Gasteiger partial charge in [-0.2, -0.15) is 10.1 Å². The minimum Gasteiger partial charge on any atom is -0.460 e. The predicted molar refractivity (Wildman–Crippen MR) is 443 cm³/mol. The number of piperidine rings is 1. The summed E-state index contributed by atoms with van der Waals surface area (Å²) in [6.45, 7) is 16.5.